The van der Waals surface area contributed by atoms with Crippen LogP contribution in [0.1, 0.15) is 33.4 Å². The van der Waals surface area contributed by atoms with Gasteiger partial charge in [0.1, 0.15) is 4.32 Å². The molecule has 0 saturated carbocycles. The van der Waals surface area contributed by atoms with Crippen LogP contribution in [0.15, 0.2) is 30.3 Å². The molecule has 0 aromatic heterocycles. The molecule has 0 radical (unpaired) electrons. The molecule has 3 aromatic rings. The van der Waals surface area contributed by atoms with Crippen LogP contribution in [0.2, 0.25) is 0 Å². The SMILES string of the molecule is O=C1C=C2Cc3ccc4c5c3c2c2c3c(ccc(c35)C4)CC12Br. The normalized spacial score (nSPS) is 24.7. The molecule has 7 rings (SSSR count). The van der Waals surface area contributed by atoms with Crippen LogP contribution in [-0.2, 0) is 28.4 Å². The second-order valence-corrected chi connectivity index (χ2v) is 8.74. The van der Waals surface area contributed by atoms with Crippen LogP contribution in [0.4, 0.5) is 0 Å². The number of alkyl halides is 1. The van der Waals surface area contributed by atoms with Gasteiger partial charge in [-0.1, -0.05) is 40.2 Å². The molecule has 1 unspecified atom stereocenters. The lowest BCUT2D eigenvalue weighted by Gasteiger charge is -2.27. The van der Waals surface area contributed by atoms with Crippen molar-refractivity contribution in [1.29, 1.82) is 0 Å². The number of carbonyl (C=O) groups is 1. The van der Waals surface area contributed by atoms with Gasteiger partial charge in [0.15, 0.2) is 5.78 Å². The summed E-state index contributed by atoms with van der Waals surface area (Å²) >= 11 is 3.87. The number of ketones is 1. The Kier molecular flexibility index (Phi) is 1.59. The van der Waals surface area contributed by atoms with Gasteiger partial charge in [-0.05, 0) is 85.8 Å². The lowest BCUT2D eigenvalue weighted by molar-refractivity contribution is -0.116. The smallest absolute Gasteiger partial charge is 0.177 e. The lowest BCUT2D eigenvalue weighted by atomic mass is 9.82. The Hall–Kier alpha value is -1.93. The number of hydrogen-bond acceptors (Lipinski definition) is 1. The highest BCUT2D eigenvalue weighted by Crippen LogP contribution is 2.60. The van der Waals surface area contributed by atoms with Gasteiger partial charge in [0.25, 0.3) is 0 Å². The molecule has 23 heavy (non-hydrogen) atoms. The van der Waals surface area contributed by atoms with Crippen LogP contribution < -0.4 is 0 Å². The van der Waals surface area contributed by atoms with E-state index in [9.17, 15) is 4.79 Å². The van der Waals surface area contributed by atoms with E-state index in [1.54, 1.807) is 0 Å². The van der Waals surface area contributed by atoms with Crippen molar-refractivity contribution >= 4 is 48.8 Å². The highest BCUT2D eigenvalue weighted by atomic mass is 79.9. The van der Waals surface area contributed by atoms with E-state index in [1.807, 2.05) is 6.08 Å². The van der Waals surface area contributed by atoms with Crippen molar-refractivity contribution in [1.82, 2.24) is 0 Å². The Balaban J connectivity index is 1.93. The molecule has 4 aliphatic rings. The van der Waals surface area contributed by atoms with Gasteiger partial charge in [-0.15, -0.1) is 0 Å². The Bertz CT molecular complexity index is 1210. The molecule has 2 heteroatoms. The van der Waals surface area contributed by atoms with E-state index in [2.05, 4.69) is 40.2 Å². The standard InChI is InChI=1S/C21H11BrO/c22-21-8-12-4-3-10-5-9-1-2-11-6-13(7-14(21)23)19-17(11)15(9)16(10)18(12)20(19)21/h1-4,7H,5-6,8H2. The minimum atomic E-state index is -0.527. The first-order valence-corrected chi connectivity index (χ1v) is 8.96. The van der Waals surface area contributed by atoms with Crippen molar-refractivity contribution in [2.75, 3.05) is 0 Å². The molecule has 1 nitrogen and oxygen atoms in total. The van der Waals surface area contributed by atoms with Crippen molar-refractivity contribution in [2.24, 2.45) is 0 Å². The second-order valence-electron chi connectivity index (χ2n) is 7.38. The molecule has 0 saturated heterocycles. The third kappa shape index (κ3) is 0.997. The molecular weight excluding hydrogens is 348 g/mol. The minimum Gasteiger partial charge on any atom is -0.293 e. The fourth-order valence-electron chi connectivity index (χ4n) is 5.53. The van der Waals surface area contributed by atoms with E-state index >= 15 is 0 Å². The minimum absolute atomic E-state index is 0.227. The van der Waals surface area contributed by atoms with Gasteiger partial charge in [-0.3, -0.25) is 4.79 Å². The number of rotatable bonds is 0. The Morgan fingerprint density at radius 1 is 0.826 bits per heavy atom. The van der Waals surface area contributed by atoms with E-state index in [1.165, 1.54) is 60.5 Å². The molecule has 1 atom stereocenters. The number of carbonyl (C=O) groups excluding carboxylic acids is 1. The molecule has 0 fully saturated rings. The average Bonchev–Trinajstić information content (AvgIpc) is 3.15. The predicted molar refractivity (Wildman–Crippen MR) is 95.3 cm³/mol. The average molecular weight is 359 g/mol. The molecular formula is C21H11BrO. The van der Waals surface area contributed by atoms with Crippen molar-refractivity contribution in [3.63, 3.8) is 0 Å². The summed E-state index contributed by atoms with van der Waals surface area (Å²) in [5, 5.41) is 5.72. The first-order chi connectivity index (χ1) is 11.2. The molecule has 0 spiro atoms. The molecule has 4 aliphatic carbocycles. The summed E-state index contributed by atoms with van der Waals surface area (Å²) in [6.07, 6.45) is 4.64. The highest BCUT2D eigenvalue weighted by molar-refractivity contribution is 9.10. The van der Waals surface area contributed by atoms with Crippen molar-refractivity contribution in [3.8, 4) is 0 Å². The monoisotopic (exact) mass is 358 g/mol. The van der Waals surface area contributed by atoms with Crippen molar-refractivity contribution < 1.29 is 4.79 Å². The first-order valence-electron chi connectivity index (χ1n) is 8.16. The maximum atomic E-state index is 12.9. The van der Waals surface area contributed by atoms with Gasteiger partial charge in [0, 0.05) is 0 Å². The van der Waals surface area contributed by atoms with Gasteiger partial charge in [0.2, 0.25) is 0 Å². The quantitative estimate of drug-likeness (QED) is 0.332. The molecule has 0 bridgehead atoms. The van der Waals surface area contributed by atoms with Gasteiger partial charge < -0.3 is 0 Å². The van der Waals surface area contributed by atoms with Crippen LogP contribution in [0.5, 0.6) is 0 Å². The fourth-order valence-corrected chi connectivity index (χ4v) is 6.35. The number of halogens is 1. The predicted octanol–water partition coefficient (Wildman–Crippen LogP) is 4.57. The maximum Gasteiger partial charge on any atom is 0.177 e. The van der Waals surface area contributed by atoms with Crippen molar-refractivity contribution in [3.05, 3.63) is 63.7 Å². The highest BCUT2D eigenvalue weighted by Gasteiger charge is 2.50. The summed E-state index contributed by atoms with van der Waals surface area (Å²) in [5.74, 6) is 0.227. The Morgan fingerprint density at radius 3 is 2.26 bits per heavy atom. The molecule has 0 heterocycles. The van der Waals surface area contributed by atoms with E-state index in [0.29, 0.717) is 0 Å². The summed E-state index contributed by atoms with van der Waals surface area (Å²) in [7, 11) is 0. The zero-order chi connectivity index (χ0) is 15.1. The zero-order valence-corrected chi connectivity index (χ0v) is 13.9. The molecule has 3 aromatic carbocycles. The molecule has 0 aliphatic heterocycles. The van der Waals surface area contributed by atoms with Crippen LogP contribution in [0.25, 0.3) is 27.1 Å². The third-order valence-corrected chi connectivity index (χ3v) is 7.43. The van der Waals surface area contributed by atoms with E-state index in [-0.39, 0.29) is 5.78 Å². The molecule has 0 amide bonds. The summed E-state index contributed by atoms with van der Waals surface area (Å²) in [6, 6.07) is 9.13. The van der Waals surface area contributed by atoms with Crippen LogP contribution in [0.3, 0.4) is 0 Å². The molecule has 108 valence electrons. The van der Waals surface area contributed by atoms with Gasteiger partial charge in [-0.2, -0.15) is 0 Å². The first kappa shape index (κ1) is 11.6. The second kappa shape index (κ2) is 3.16. The van der Waals surface area contributed by atoms with Gasteiger partial charge in [-0.25, -0.2) is 0 Å². The summed E-state index contributed by atoms with van der Waals surface area (Å²) < 4.78 is -0.527. The lowest BCUT2D eigenvalue weighted by Crippen LogP contribution is -2.30. The fraction of sp³-hybridized carbons (Fsp3) is 0.190. The van der Waals surface area contributed by atoms with Crippen molar-refractivity contribution in [2.45, 2.75) is 23.6 Å². The summed E-state index contributed by atoms with van der Waals surface area (Å²) in [4.78, 5) is 12.9. The van der Waals surface area contributed by atoms with E-state index < -0.39 is 4.32 Å². The zero-order valence-electron chi connectivity index (χ0n) is 12.3. The Labute approximate surface area is 141 Å². The summed E-state index contributed by atoms with van der Waals surface area (Å²) in [5.41, 5.74) is 9.52. The topological polar surface area (TPSA) is 17.1 Å². The van der Waals surface area contributed by atoms with Crippen LogP contribution in [0, 0.1) is 0 Å². The van der Waals surface area contributed by atoms with Crippen LogP contribution >= 0.6 is 15.9 Å². The van der Waals surface area contributed by atoms with Crippen LogP contribution in [-0.4, -0.2) is 5.78 Å². The van der Waals surface area contributed by atoms with Gasteiger partial charge >= 0.3 is 0 Å². The number of benzene rings is 3. The largest absolute Gasteiger partial charge is 0.293 e. The third-order valence-electron chi connectivity index (χ3n) is 6.36. The summed E-state index contributed by atoms with van der Waals surface area (Å²) in [6.45, 7) is 0. The van der Waals surface area contributed by atoms with E-state index in [0.717, 1.165) is 19.3 Å². The molecule has 0 N–H and O–H groups in total. The van der Waals surface area contributed by atoms with Gasteiger partial charge in [0.05, 0.1) is 0 Å². The van der Waals surface area contributed by atoms with E-state index in [4.69, 9.17) is 0 Å². The number of hydrogen-bond donors (Lipinski definition) is 0. The number of allylic oxidation sites excluding steroid dienone is 2. The maximum absolute atomic E-state index is 12.9. The Morgan fingerprint density at radius 2 is 1.48 bits per heavy atom.